The number of halogens is 3. The summed E-state index contributed by atoms with van der Waals surface area (Å²) in [6.45, 7) is -1.04. The van der Waals surface area contributed by atoms with Gasteiger partial charge in [-0.3, -0.25) is 9.59 Å². The van der Waals surface area contributed by atoms with Crippen LogP contribution in [0.25, 0.3) is 0 Å². The molecule has 1 N–H and O–H groups in total. The molecule has 1 heterocycles. The first-order chi connectivity index (χ1) is 10.3. The van der Waals surface area contributed by atoms with Crippen LogP contribution in [-0.2, 0) is 9.53 Å². The van der Waals surface area contributed by atoms with Crippen molar-refractivity contribution in [1.82, 2.24) is 0 Å². The topological polar surface area (TPSA) is 73.9 Å². The third-order valence-corrected chi connectivity index (χ3v) is 2.67. The molecule has 0 bridgehead atoms. The van der Waals surface area contributed by atoms with Crippen molar-refractivity contribution in [3.63, 3.8) is 0 Å². The maximum atomic E-state index is 11.9. The molecule has 9 heteroatoms. The highest BCUT2D eigenvalue weighted by atomic mass is 19.4. The number of carbonyl (C=O) groups excluding carboxylic acids is 2. The Morgan fingerprint density at radius 3 is 2.50 bits per heavy atom. The predicted octanol–water partition coefficient (Wildman–Crippen LogP) is 2.14. The average Bonchev–Trinajstić information content (AvgIpc) is 2.83. The molecular formula is C13H12F3NO5. The molecule has 0 saturated heterocycles. The number of fused-ring (bicyclic) bond motifs is 1. The van der Waals surface area contributed by atoms with Gasteiger partial charge in [0.2, 0.25) is 12.7 Å². The van der Waals surface area contributed by atoms with Crippen LogP contribution in [-0.4, -0.2) is 37.9 Å². The fourth-order valence-electron chi connectivity index (χ4n) is 1.78. The van der Waals surface area contributed by atoms with Gasteiger partial charge in [-0.1, -0.05) is 0 Å². The van der Waals surface area contributed by atoms with Crippen molar-refractivity contribution in [2.75, 3.05) is 25.3 Å². The molecular weight excluding hydrogens is 307 g/mol. The van der Waals surface area contributed by atoms with Gasteiger partial charge in [-0.15, -0.1) is 0 Å². The number of ether oxygens (including phenoxy) is 3. The molecule has 0 saturated carbocycles. The monoisotopic (exact) mass is 319 g/mol. The van der Waals surface area contributed by atoms with Crippen LogP contribution in [0.15, 0.2) is 12.1 Å². The zero-order valence-electron chi connectivity index (χ0n) is 11.5. The molecule has 120 valence electrons. The highest BCUT2D eigenvalue weighted by Crippen LogP contribution is 2.37. The summed E-state index contributed by atoms with van der Waals surface area (Å²) in [5.74, 6) is -0.469. The van der Waals surface area contributed by atoms with Crippen molar-refractivity contribution in [1.29, 1.82) is 0 Å². The van der Waals surface area contributed by atoms with Crippen molar-refractivity contribution >= 4 is 17.4 Å². The molecule has 1 amide bonds. The van der Waals surface area contributed by atoms with Crippen LogP contribution in [0.3, 0.4) is 0 Å². The molecule has 1 aliphatic heterocycles. The minimum Gasteiger partial charge on any atom is -0.454 e. The van der Waals surface area contributed by atoms with Crippen molar-refractivity contribution in [3.05, 3.63) is 17.7 Å². The van der Waals surface area contributed by atoms with E-state index in [-0.39, 0.29) is 23.8 Å². The lowest BCUT2D eigenvalue weighted by Gasteiger charge is -2.11. The third-order valence-electron chi connectivity index (χ3n) is 2.67. The van der Waals surface area contributed by atoms with E-state index in [0.717, 1.165) is 0 Å². The van der Waals surface area contributed by atoms with Crippen LogP contribution in [0.4, 0.5) is 18.9 Å². The van der Waals surface area contributed by atoms with Crippen LogP contribution in [0.2, 0.25) is 0 Å². The third kappa shape index (κ3) is 4.10. The lowest BCUT2D eigenvalue weighted by molar-refractivity contribution is -0.174. The molecule has 0 aliphatic carbocycles. The molecule has 22 heavy (non-hydrogen) atoms. The van der Waals surface area contributed by atoms with Crippen LogP contribution >= 0.6 is 0 Å². The summed E-state index contributed by atoms with van der Waals surface area (Å²) in [7, 11) is 0. The molecule has 1 aromatic rings. The molecule has 1 aliphatic rings. The molecule has 6 nitrogen and oxygen atoms in total. The number of ketones is 1. The Morgan fingerprint density at radius 1 is 1.27 bits per heavy atom. The number of nitrogens with one attached hydrogen (secondary N) is 1. The van der Waals surface area contributed by atoms with E-state index < -0.39 is 25.3 Å². The minimum absolute atomic E-state index is 0.0151. The van der Waals surface area contributed by atoms with Gasteiger partial charge in [-0.2, -0.15) is 13.2 Å². The predicted molar refractivity (Wildman–Crippen MR) is 68.1 cm³/mol. The highest BCUT2D eigenvalue weighted by molar-refractivity contribution is 6.04. The molecule has 0 atom stereocenters. The zero-order valence-corrected chi connectivity index (χ0v) is 11.5. The Hall–Kier alpha value is -2.29. The van der Waals surface area contributed by atoms with Crippen LogP contribution < -0.4 is 14.8 Å². The first-order valence-electron chi connectivity index (χ1n) is 6.15. The van der Waals surface area contributed by atoms with Crippen LogP contribution in [0, 0.1) is 0 Å². The van der Waals surface area contributed by atoms with E-state index in [4.69, 9.17) is 9.47 Å². The fourth-order valence-corrected chi connectivity index (χ4v) is 1.78. The van der Waals surface area contributed by atoms with Crippen molar-refractivity contribution < 1.29 is 37.0 Å². The van der Waals surface area contributed by atoms with E-state index in [0.29, 0.717) is 11.5 Å². The first kappa shape index (κ1) is 16.1. The second-order valence-corrected chi connectivity index (χ2v) is 4.46. The van der Waals surface area contributed by atoms with Gasteiger partial charge in [-0.05, 0) is 13.0 Å². The van der Waals surface area contributed by atoms with E-state index in [9.17, 15) is 22.8 Å². The van der Waals surface area contributed by atoms with Gasteiger partial charge in [0.15, 0.2) is 17.3 Å². The number of hydrogen-bond acceptors (Lipinski definition) is 5. The van der Waals surface area contributed by atoms with Gasteiger partial charge in [0.05, 0.1) is 5.69 Å². The zero-order chi connectivity index (χ0) is 16.3. The second kappa shape index (κ2) is 6.22. The van der Waals surface area contributed by atoms with Crippen LogP contribution in [0.5, 0.6) is 11.5 Å². The summed E-state index contributed by atoms with van der Waals surface area (Å²) < 4.78 is 50.2. The highest BCUT2D eigenvalue weighted by Gasteiger charge is 2.28. The number of amides is 1. The number of alkyl halides is 3. The molecule has 0 unspecified atom stereocenters. The van der Waals surface area contributed by atoms with Gasteiger partial charge in [0, 0.05) is 11.6 Å². The van der Waals surface area contributed by atoms with Gasteiger partial charge in [0.25, 0.3) is 0 Å². The maximum Gasteiger partial charge on any atom is 0.411 e. The number of rotatable bonds is 5. The second-order valence-electron chi connectivity index (χ2n) is 4.46. The summed E-state index contributed by atoms with van der Waals surface area (Å²) in [6, 6.07) is 2.78. The normalized spacial score (nSPS) is 13.1. The van der Waals surface area contributed by atoms with Gasteiger partial charge in [-0.25, -0.2) is 0 Å². The molecule has 0 spiro atoms. The van der Waals surface area contributed by atoms with Crippen molar-refractivity contribution in [2.45, 2.75) is 13.1 Å². The Kier molecular flexibility index (Phi) is 4.55. The first-order valence-corrected chi connectivity index (χ1v) is 6.15. The van der Waals surface area contributed by atoms with E-state index >= 15 is 0 Å². The maximum absolute atomic E-state index is 11.9. The number of Topliss-reactive ketones (excluding diaryl/α,β-unsaturated/α-hetero) is 1. The van der Waals surface area contributed by atoms with E-state index in [2.05, 4.69) is 10.1 Å². The molecule has 0 radical (unpaired) electrons. The smallest absolute Gasteiger partial charge is 0.411 e. The van der Waals surface area contributed by atoms with Crippen molar-refractivity contribution in [3.8, 4) is 11.5 Å². The van der Waals surface area contributed by atoms with E-state index in [1.165, 1.54) is 19.1 Å². The van der Waals surface area contributed by atoms with Crippen molar-refractivity contribution in [2.24, 2.45) is 0 Å². The lowest BCUT2D eigenvalue weighted by atomic mass is 10.1. The lowest BCUT2D eigenvalue weighted by Crippen LogP contribution is -2.24. The van der Waals surface area contributed by atoms with E-state index in [1.807, 2.05) is 0 Å². The number of hydrogen-bond donors (Lipinski definition) is 1. The summed E-state index contributed by atoms with van der Waals surface area (Å²) in [6.07, 6.45) is -4.51. The van der Waals surface area contributed by atoms with Gasteiger partial charge >= 0.3 is 6.18 Å². The average molecular weight is 319 g/mol. The standard InChI is InChI=1S/C13H12F3NO5/c1-7(18)8-2-10-11(22-6-21-10)3-9(8)17-12(19)4-20-5-13(14,15)16/h2-3H,4-6H2,1H3,(H,17,19). The molecule has 1 aromatic carbocycles. The van der Waals surface area contributed by atoms with E-state index in [1.54, 1.807) is 0 Å². The SMILES string of the molecule is CC(=O)c1cc2c(cc1NC(=O)COCC(F)(F)F)OCO2. The largest absolute Gasteiger partial charge is 0.454 e. The summed E-state index contributed by atoms with van der Waals surface area (Å²) in [5, 5.41) is 2.32. The fraction of sp³-hybridized carbons (Fsp3) is 0.385. The quantitative estimate of drug-likeness (QED) is 0.842. The minimum atomic E-state index is -4.51. The Balaban J connectivity index is 2.05. The van der Waals surface area contributed by atoms with Gasteiger partial charge < -0.3 is 19.5 Å². The van der Waals surface area contributed by atoms with Gasteiger partial charge in [0.1, 0.15) is 13.2 Å². The molecule has 0 aromatic heterocycles. The number of benzene rings is 1. The summed E-state index contributed by atoms with van der Waals surface area (Å²) in [5.41, 5.74) is 0.283. The van der Waals surface area contributed by atoms with Crippen LogP contribution in [0.1, 0.15) is 17.3 Å². The Bertz CT molecular complexity index is 600. The molecule has 0 fully saturated rings. The summed E-state index contributed by atoms with van der Waals surface area (Å²) in [4.78, 5) is 23.2. The Labute approximate surface area is 123 Å². The summed E-state index contributed by atoms with van der Waals surface area (Å²) >= 11 is 0. The number of carbonyl (C=O) groups is 2. The Morgan fingerprint density at radius 2 is 1.91 bits per heavy atom. The number of anilines is 1. The molecule has 2 rings (SSSR count).